The van der Waals surface area contributed by atoms with Crippen LogP contribution in [-0.4, -0.2) is 31.7 Å². The number of carbonyl (C=O) groups is 1. The normalized spacial score (nSPS) is 16.3. The molecule has 8 heteroatoms. The van der Waals surface area contributed by atoms with E-state index in [1.807, 2.05) is 4.90 Å². The van der Waals surface area contributed by atoms with Crippen LogP contribution in [0.5, 0.6) is 0 Å². The van der Waals surface area contributed by atoms with E-state index in [4.69, 9.17) is 22.1 Å². The molecule has 1 unspecified atom stereocenters. The van der Waals surface area contributed by atoms with Gasteiger partial charge in [-0.2, -0.15) is 13.2 Å². The molecule has 2 N–H and O–H groups in total. The number of benzene rings is 1. The summed E-state index contributed by atoms with van der Waals surface area (Å²) in [5, 5.41) is 0.232. The Morgan fingerprint density at radius 3 is 2.54 bits per heavy atom. The molecule has 0 radical (unpaired) electrons. The Kier molecular flexibility index (Phi) is 5.98. The minimum Gasteiger partial charge on any atom is -0.465 e. The first-order chi connectivity index (χ1) is 11.2. The van der Waals surface area contributed by atoms with Gasteiger partial charge in [-0.15, -0.1) is 0 Å². The molecule has 0 bridgehead atoms. The number of hydrogen-bond acceptors (Lipinski definition) is 4. The summed E-state index contributed by atoms with van der Waals surface area (Å²) in [5.41, 5.74) is 5.12. The Bertz CT molecular complexity index is 602. The topological polar surface area (TPSA) is 55.6 Å². The van der Waals surface area contributed by atoms with E-state index >= 15 is 0 Å². The number of halogens is 4. The van der Waals surface area contributed by atoms with Crippen LogP contribution in [0.1, 0.15) is 30.9 Å². The second-order valence-corrected chi connectivity index (χ2v) is 6.12. The number of carbonyl (C=O) groups excluding carboxylic acids is 1. The van der Waals surface area contributed by atoms with Gasteiger partial charge >= 0.3 is 12.1 Å². The first-order valence-electron chi connectivity index (χ1n) is 7.80. The monoisotopic (exact) mass is 364 g/mol. The fraction of sp³-hybridized carbons (Fsp3) is 0.562. The van der Waals surface area contributed by atoms with E-state index < -0.39 is 23.8 Å². The minimum atomic E-state index is -4.55. The zero-order valence-electron chi connectivity index (χ0n) is 13.3. The summed E-state index contributed by atoms with van der Waals surface area (Å²) in [5.74, 6) is -0.731. The third-order valence-corrected chi connectivity index (χ3v) is 4.26. The molecule has 1 heterocycles. The third kappa shape index (κ3) is 4.33. The van der Waals surface area contributed by atoms with Crippen molar-refractivity contribution in [1.82, 2.24) is 0 Å². The molecular formula is C16H20ClF3N2O2. The van der Waals surface area contributed by atoms with Crippen LogP contribution >= 0.6 is 11.6 Å². The molecule has 0 saturated carbocycles. The Morgan fingerprint density at radius 2 is 2.00 bits per heavy atom. The molecule has 0 amide bonds. The quantitative estimate of drug-likeness (QED) is 0.814. The van der Waals surface area contributed by atoms with Crippen LogP contribution in [0.4, 0.5) is 18.9 Å². The van der Waals surface area contributed by atoms with Crippen molar-refractivity contribution in [3.8, 4) is 0 Å². The lowest BCUT2D eigenvalue weighted by Crippen LogP contribution is -2.35. The van der Waals surface area contributed by atoms with Crippen molar-refractivity contribution in [2.45, 2.75) is 38.4 Å². The summed E-state index contributed by atoms with van der Waals surface area (Å²) in [6.45, 7) is 3.08. The molecule has 1 fully saturated rings. The van der Waals surface area contributed by atoms with Crippen molar-refractivity contribution in [2.75, 3.05) is 24.6 Å². The van der Waals surface area contributed by atoms with Crippen LogP contribution in [0.15, 0.2) is 12.1 Å². The number of esters is 1. The van der Waals surface area contributed by atoms with E-state index in [1.54, 1.807) is 6.92 Å². The van der Waals surface area contributed by atoms with E-state index in [-0.39, 0.29) is 23.6 Å². The standard InChI is InChI=1S/C16H20ClF3N2O2/c1-2-24-15(23)13(21)8-10-7-12(17)14(22-5-3-4-6-22)9-11(10)16(18,19)20/h7,9,13H,2-6,8,21H2,1H3. The molecule has 0 spiro atoms. The van der Waals surface area contributed by atoms with Crippen molar-refractivity contribution < 1.29 is 22.7 Å². The van der Waals surface area contributed by atoms with Gasteiger partial charge in [0, 0.05) is 13.1 Å². The minimum absolute atomic E-state index is 0.101. The summed E-state index contributed by atoms with van der Waals surface area (Å²) >= 11 is 6.19. The van der Waals surface area contributed by atoms with Crippen molar-refractivity contribution in [1.29, 1.82) is 0 Å². The molecule has 1 aromatic carbocycles. The summed E-state index contributed by atoms with van der Waals surface area (Å²) < 4.78 is 45.0. The number of anilines is 1. The van der Waals surface area contributed by atoms with Gasteiger partial charge in [0.05, 0.1) is 22.9 Å². The van der Waals surface area contributed by atoms with Crippen LogP contribution in [-0.2, 0) is 22.1 Å². The number of nitrogens with two attached hydrogens (primary N) is 1. The Morgan fingerprint density at radius 1 is 1.38 bits per heavy atom. The fourth-order valence-electron chi connectivity index (χ4n) is 2.81. The average Bonchev–Trinajstić information content (AvgIpc) is 3.00. The lowest BCUT2D eigenvalue weighted by Gasteiger charge is -2.23. The first-order valence-corrected chi connectivity index (χ1v) is 8.18. The molecule has 1 saturated heterocycles. The number of nitrogens with zero attached hydrogens (tertiary/aromatic N) is 1. The molecule has 4 nitrogen and oxygen atoms in total. The highest BCUT2D eigenvalue weighted by Gasteiger charge is 2.36. The lowest BCUT2D eigenvalue weighted by molar-refractivity contribution is -0.145. The average molecular weight is 365 g/mol. The maximum atomic E-state index is 13.4. The zero-order chi connectivity index (χ0) is 17.9. The largest absolute Gasteiger partial charge is 0.465 e. The highest BCUT2D eigenvalue weighted by Crippen LogP contribution is 2.39. The van der Waals surface area contributed by atoms with Crippen molar-refractivity contribution in [3.63, 3.8) is 0 Å². The second-order valence-electron chi connectivity index (χ2n) is 5.72. The van der Waals surface area contributed by atoms with Gasteiger partial charge < -0.3 is 15.4 Å². The van der Waals surface area contributed by atoms with Gasteiger partial charge in [0.25, 0.3) is 0 Å². The lowest BCUT2D eigenvalue weighted by atomic mass is 9.99. The maximum absolute atomic E-state index is 13.4. The van der Waals surface area contributed by atoms with Crippen LogP contribution in [0, 0.1) is 0 Å². The second kappa shape index (κ2) is 7.61. The molecule has 1 atom stereocenters. The first kappa shape index (κ1) is 18.9. The molecular weight excluding hydrogens is 345 g/mol. The zero-order valence-corrected chi connectivity index (χ0v) is 14.1. The van der Waals surface area contributed by atoms with Crippen molar-refractivity contribution >= 4 is 23.3 Å². The van der Waals surface area contributed by atoms with Gasteiger partial charge in [-0.1, -0.05) is 11.6 Å². The molecule has 1 aliphatic rings. The molecule has 0 aliphatic carbocycles. The van der Waals surface area contributed by atoms with Gasteiger partial charge in [0.15, 0.2) is 0 Å². The smallest absolute Gasteiger partial charge is 0.416 e. The Hall–Kier alpha value is -1.47. The van der Waals surface area contributed by atoms with Gasteiger partial charge in [-0.05, 0) is 43.9 Å². The van der Waals surface area contributed by atoms with Gasteiger partial charge in [0.2, 0.25) is 0 Å². The van der Waals surface area contributed by atoms with Crippen LogP contribution in [0.2, 0.25) is 5.02 Å². The van der Waals surface area contributed by atoms with Crippen molar-refractivity contribution in [2.24, 2.45) is 5.73 Å². The van der Waals surface area contributed by atoms with E-state index in [2.05, 4.69) is 0 Å². The molecule has 1 aliphatic heterocycles. The number of hydrogen-bond donors (Lipinski definition) is 1. The molecule has 24 heavy (non-hydrogen) atoms. The van der Waals surface area contributed by atoms with E-state index in [0.717, 1.165) is 18.9 Å². The molecule has 0 aromatic heterocycles. The number of rotatable bonds is 5. The summed E-state index contributed by atoms with van der Waals surface area (Å²) in [7, 11) is 0. The number of ether oxygens (including phenoxy) is 1. The SMILES string of the molecule is CCOC(=O)C(N)Cc1cc(Cl)c(N2CCCC2)cc1C(F)(F)F. The van der Waals surface area contributed by atoms with Gasteiger partial charge in [-0.3, -0.25) is 4.79 Å². The Labute approximate surface area is 143 Å². The van der Waals surface area contributed by atoms with Crippen LogP contribution in [0.3, 0.4) is 0 Å². The van der Waals surface area contributed by atoms with Crippen LogP contribution in [0.25, 0.3) is 0 Å². The van der Waals surface area contributed by atoms with Gasteiger partial charge in [0.1, 0.15) is 6.04 Å². The predicted octanol–water partition coefficient (Wildman–Crippen LogP) is 3.39. The summed E-state index contributed by atoms with van der Waals surface area (Å²) in [6, 6.07) is 1.15. The van der Waals surface area contributed by atoms with E-state index in [9.17, 15) is 18.0 Å². The molecule has 134 valence electrons. The van der Waals surface area contributed by atoms with Gasteiger partial charge in [-0.25, -0.2) is 0 Å². The fourth-order valence-corrected chi connectivity index (χ4v) is 3.11. The highest BCUT2D eigenvalue weighted by molar-refractivity contribution is 6.33. The van der Waals surface area contributed by atoms with Crippen molar-refractivity contribution in [3.05, 3.63) is 28.3 Å². The summed E-state index contributed by atoms with van der Waals surface area (Å²) in [4.78, 5) is 13.4. The predicted molar refractivity (Wildman–Crippen MR) is 86.2 cm³/mol. The summed E-state index contributed by atoms with van der Waals surface area (Å²) in [6.07, 6.45) is -2.99. The molecule has 2 rings (SSSR count). The number of alkyl halides is 3. The van der Waals surface area contributed by atoms with E-state index in [0.29, 0.717) is 18.8 Å². The van der Waals surface area contributed by atoms with Crippen LogP contribution < -0.4 is 10.6 Å². The van der Waals surface area contributed by atoms with E-state index in [1.165, 1.54) is 6.07 Å². The molecule has 1 aromatic rings. The Balaban J connectivity index is 2.36. The maximum Gasteiger partial charge on any atom is 0.416 e. The highest BCUT2D eigenvalue weighted by atomic mass is 35.5. The third-order valence-electron chi connectivity index (χ3n) is 3.95.